The maximum atomic E-state index is 12.9. The molecule has 0 unspecified atom stereocenters. The van der Waals surface area contributed by atoms with Crippen molar-refractivity contribution < 1.29 is 14.4 Å². The lowest BCUT2D eigenvalue weighted by Gasteiger charge is -2.25. The molecule has 1 aliphatic carbocycles. The highest BCUT2D eigenvalue weighted by atomic mass is 16.2. The van der Waals surface area contributed by atoms with Gasteiger partial charge in [-0.15, -0.1) is 0 Å². The molecule has 1 aliphatic heterocycles. The molecule has 150 valence electrons. The summed E-state index contributed by atoms with van der Waals surface area (Å²) >= 11 is 0. The van der Waals surface area contributed by atoms with E-state index >= 15 is 0 Å². The third kappa shape index (κ3) is 3.57. The zero-order valence-corrected chi connectivity index (χ0v) is 17.1. The molecule has 2 fully saturated rings. The van der Waals surface area contributed by atoms with Gasteiger partial charge in [0.1, 0.15) is 0 Å². The Balaban J connectivity index is 1.57. The second-order valence-corrected chi connectivity index (χ2v) is 8.45. The minimum absolute atomic E-state index is 0.126. The lowest BCUT2D eigenvalue weighted by molar-refractivity contribution is -0.122. The van der Waals surface area contributed by atoms with E-state index in [1.54, 1.807) is 24.3 Å². The van der Waals surface area contributed by atoms with Gasteiger partial charge in [-0.25, -0.2) is 0 Å². The van der Waals surface area contributed by atoms with Gasteiger partial charge in [-0.2, -0.15) is 0 Å². The predicted octanol–water partition coefficient (Wildman–Crippen LogP) is 4.48. The molecule has 0 radical (unpaired) electrons. The van der Waals surface area contributed by atoms with Crippen LogP contribution in [-0.2, 0) is 9.59 Å². The van der Waals surface area contributed by atoms with E-state index < -0.39 is 0 Å². The lowest BCUT2D eigenvalue weighted by Crippen LogP contribution is -2.31. The quantitative estimate of drug-likeness (QED) is 0.786. The van der Waals surface area contributed by atoms with Gasteiger partial charge in [0.05, 0.1) is 17.5 Å². The lowest BCUT2D eigenvalue weighted by atomic mass is 9.76. The van der Waals surface area contributed by atoms with E-state index in [0.717, 1.165) is 36.1 Å². The van der Waals surface area contributed by atoms with Crippen LogP contribution in [-0.4, -0.2) is 17.7 Å². The zero-order chi connectivity index (χ0) is 20.7. The first-order valence-electron chi connectivity index (χ1n) is 10.2. The Labute approximate surface area is 171 Å². The molecule has 1 saturated carbocycles. The topological polar surface area (TPSA) is 66.5 Å². The average Bonchev–Trinajstić information content (AvgIpc) is 2.94. The monoisotopic (exact) mass is 390 g/mol. The van der Waals surface area contributed by atoms with E-state index in [0.29, 0.717) is 17.2 Å². The number of carbonyl (C=O) groups excluding carboxylic acids is 3. The molecule has 1 heterocycles. The molecule has 5 nitrogen and oxygen atoms in total. The summed E-state index contributed by atoms with van der Waals surface area (Å²) in [6.07, 6.45) is 2.50. The molecular weight excluding hydrogens is 364 g/mol. The van der Waals surface area contributed by atoms with Crippen LogP contribution in [0, 0.1) is 31.6 Å². The van der Waals surface area contributed by atoms with E-state index in [-0.39, 0.29) is 29.6 Å². The van der Waals surface area contributed by atoms with Crippen molar-refractivity contribution >= 4 is 29.1 Å². The fourth-order valence-electron chi connectivity index (χ4n) is 4.45. The van der Waals surface area contributed by atoms with Crippen molar-refractivity contribution in [2.75, 3.05) is 10.2 Å². The van der Waals surface area contributed by atoms with Gasteiger partial charge in [-0.05, 0) is 80.5 Å². The summed E-state index contributed by atoms with van der Waals surface area (Å²) in [5.41, 5.74) is 3.88. The fourth-order valence-corrected chi connectivity index (χ4v) is 4.45. The largest absolute Gasteiger partial charge is 0.322 e. The standard InChI is InChI=1S/C24H26N2O3/c1-14-7-10-20-21(11-14)24(29)26(23(20)28)19-6-4-5-17(13-19)22(27)25-18-9-8-15(2)16(3)12-18/h4-6,8-9,12-14,20-21H,7,10-11H2,1-3H3,(H,25,27)/t14-,20+,21+/m1/s1. The molecule has 4 rings (SSSR count). The minimum Gasteiger partial charge on any atom is -0.322 e. The molecule has 5 heteroatoms. The molecule has 1 saturated heterocycles. The second kappa shape index (κ2) is 7.47. The van der Waals surface area contributed by atoms with E-state index in [1.807, 2.05) is 32.0 Å². The van der Waals surface area contributed by atoms with Crippen LogP contribution in [0.15, 0.2) is 42.5 Å². The Bertz CT molecular complexity index is 997. The van der Waals surface area contributed by atoms with Crippen LogP contribution >= 0.6 is 0 Å². The van der Waals surface area contributed by atoms with Crippen LogP contribution in [0.1, 0.15) is 47.7 Å². The van der Waals surface area contributed by atoms with Crippen molar-refractivity contribution in [3.8, 4) is 0 Å². The number of carbonyl (C=O) groups is 3. The normalized spacial score (nSPS) is 23.8. The number of imide groups is 1. The summed E-state index contributed by atoms with van der Waals surface area (Å²) in [5, 5.41) is 2.89. The summed E-state index contributed by atoms with van der Waals surface area (Å²) in [4.78, 5) is 39.9. The number of fused-ring (bicyclic) bond motifs is 1. The number of benzene rings is 2. The van der Waals surface area contributed by atoms with Gasteiger partial charge in [0.15, 0.2) is 0 Å². The molecule has 1 N–H and O–H groups in total. The van der Waals surface area contributed by atoms with Gasteiger partial charge >= 0.3 is 0 Å². The van der Waals surface area contributed by atoms with Gasteiger partial charge in [0, 0.05) is 11.3 Å². The van der Waals surface area contributed by atoms with Crippen molar-refractivity contribution in [3.63, 3.8) is 0 Å². The van der Waals surface area contributed by atoms with Gasteiger partial charge < -0.3 is 5.32 Å². The third-order valence-corrected chi connectivity index (χ3v) is 6.32. The Kier molecular flexibility index (Phi) is 4.99. The number of hydrogen-bond donors (Lipinski definition) is 1. The number of rotatable bonds is 3. The van der Waals surface area contributed by atoms with Crippen molar-refractivity contribution in [2.24, 2.45) is 17.8 Å². The van der Waals surface area contributed by atoms with Crippen LogP contribution in [0.25, 0.3) is 0 Å². The van der Waals surface area contributed by atoms with Crippen LogP contribution in [0.3, 0.4) is 0 Å². The molecule has 0 bridgehead atoms. The molecule has 3 atom stereocenters. The highest BCUT2D eigenvalue weighted by Crippen LogP contribution is 2.42. The van der Waals surface area contributed by atoms with Gasteiger partial charge in [-0.3, -0.25) is 19.3 Å². The molecule has 29 heavy (non-hydrogen) atoms. The number of nitrogens with one attached hydrogen (secondary N) is 1. The zero-order valence-electron chi connectivity index (χ0n) is 17.1. The van der Waals surface area contributed by atoms with Gasteiger partial charge in [0.25, 0.3) is 5.91 Å². The summed E-state index contributed by atoms with van der Waals surface area (Å²) < 4.78 is 0. The van der Waals surface area contributed by atoms with Crippen molar-refractivity contribution in [3.05, 3.63) is 59.2 Å². The second-order valence-electron chi connectivity index (χ2n) is 8.45. The first-order chi connectivity index (χ1) is 13.8. The first kappa shape index (κ1) is 19.4. The van der Waals surface area contributed by atoms with Crippen molar-refractivity contribution in [1.29, 1.82) is 0 Å². The summed E-state index contributed by atoms with van der Waals surface area (Å²) in [5.74, 6) is -0.494. The molecule has 2 aliphatic rings. The number of nitrogens with zero attached hydrogens (tertiary/aromatic N) is 1. The highest BCUT2D eigenvalue weighted by Gasteiger charge is 2.50. The van der Waals surface area contributed by atoms with Crippen LogP contribution in [0.5, 0.6) is 0 Å². The van der Waals surface area contributed by atoms with Gasteiger partial charge in [0.2, 0.25) is 11.8 Å². The summed E-state index contributed by atoms with van der Waals surface area (Å²) in [6.45, 7) is 6.15. The van der Waals surface area contributed by atoms with E-state index in [2.05, 4.69) is 12.2 Å². The third-order valence-electron chi connectivity index (χ3n) is 6.32. The molecule has 0 aromatic heterocycles. The van der Waals surface area contributed by atoms with E-state index in [4.69, 9.17) is 0 Å². The Morgan fingerprint density at radius 2 is 1.72 bits per heavy atom. The van der Waals surface area contributed by atoms with Crippen LogP contribution in [0.4, 0.5) is 11.4 Å². The first-order valence-corrected chi connectivity index (χ1v) is 10.2. The minimum atomic E-state index is -0.264. The maximum Gasteiger partial charge on any atom is 0.255 e. The molecule has 0 spiro atoms. The molecule has 2 aromatic rings. The Morgan fingerprint density at radius 3 is 2.48 bits per heavy atom. The number of anilines is 2. The number of amides is 3. The fraction of sp³-hybridized carbons (Fsp3) is 0.375. The summed E-state index contributed by atoms with van der Waals surface area (Å²) in [6, 6.07) is 12.5. The molecule has 2 aromatic carbocycles. The van der Waals surface area contributed by atoms with Crippen molar-refractivity contribution in [2.45, 2.75) is 40.0 Å². The Morgan fingerprint density at radius 1 is 0.966 bits per heavy atom. The highest BCUT2D eigenvalue weighted by molar-refractivity contribution is 6.22. The van der Waals surface area contributed by atoms with Gasteiger partial charge in [-0.1, -0.05) is 19.1 Å². The molecular formula is C24H26N2O3. The van der Waals surface area contributed by atoms with Crippen LogP contribution in [0.2, 0.25) is 0 Å². The number of hydrogen-bond acceptors (Lipinski definition) is 3. The van der Waals surface area contributed by atoms with Crippen molar-refractivity contribution in [1.82, 2.24) is 0 Å². The van der Waals surface area contributed by atoms with E-state index in [1.165, 1.54) is 4.90 Å². The Hall–Kier alpha value is -2.95. The SMILES string of the molecule is Cc1ccc(NC(=O)c2cccc(N3C(=O)[C@H]4CC[C@@H](C)C[C@@H]4C3=O)c2)cc1C. The maximum absolute atomic E-state index is 12.9. The van der Waals surface area contributed by atoms with E-state index in [9.17, 15) is 14.4 Å². The smallest absolute Gasteiger partial charge is 0.255 e. The van der Waals surface area contributed by atoms with Crippen LogP contribution < -0.4 is 10.2 Å². The molecule has 3 amide bonds. The number of aryl methyl sites for hydroxylation is 2. The summed E-state index contributed by atoms with van der Waals surface area (Å²) in [7, 11) is 0. The average molecular weight is 390 g/mol. The predicted molar refractivity (Wildman–Crippen MR) is 113 cm³/mol.